The van der Waals surface area contributed by atoms with Crippen LogP contribution in [-0.2, 0) is 6.61 Å². The number of hydrogen-bond acceptors (Lipinski definition) is 5. The van der Waals surface area contributed by atoms with Gasteiger partial charge in [-0.25, -0.2) is 0 Å². The number of hydrogen-bond donors (Lipinski definition) is 0. The van der Waals surface area contributed by atoms with E-state index >= 15 is 0 Å². The third kappa shape index (κ3) is 5.62. The minimum absolute atomic E-state index is 0. The van der Waals surface area contributed by atoms with Crippen molar-refractivity contribution in [1.29, 1.82) is 0 Å². The molecule has 0 unspecified atom stereocenters. The SMILES string of the molecule is CSc1ccc(OCc2ccccc2)c(-c2ccsc2-c2ccc(C(=O)[O-])cc2)c1.[Na+]. The zero-order chi connectivity index (χ0) is 20.9. The quantitative estimate of drug-likeness (QED) is 0.318. The largest absolute Gasteiger partial charge is 1.00 e. The molecule has 4 aromatic rings. The first-order valence-electron chi connectivity index (χ1n) is 9.40. The van der Waals surface area contributed by atoms with Crippen LogP contribution in [0.2, 0.25) is 0 Å². The van der Waals surface area contributed by atoms with Crippen LogP contribution in [0.1, 0.15) is 15.9 Å². The van der Waals surface area contributed by atoms with Gasteiger partial charge in [-0.15, -0.1) is 23.1 Å². The predicted molar refractivity (Wildman–Crippen MR) is 122 cm³/mol. The molecule has 3 aromatic carbocycles. The topological polar surface area (TPSA) is 49.4 Å². The van der Waals surface area contributed by atoms with E-state index in [2.05, 4.69) is 24.5 Å². The predicted octanol–water partition coefficient (Wildman–Crippen LogP) is 2.75. The van der Waals surface area contributed by atoms with E-state index in [0.717, 1.165) is 37.8 Å². The Bertz CT molecular complexity index is 1160. The molecule has 4 rings (SSSR count). The molecule has 0 aliphatic rings. The van der Waals surface area contributed by atoms with Gasteiger partial charge in [-0.3, -0.25) is 0 Å². The fourth-order valence-corrected chi connectivity index (χ4v) is 4.57. The molecule has 0 fully saturated rings. The summed E-state index contributed by atoms with van der Waals surface area (Å²) in [5.41, 5.74) is 4.35. The Morgan fingerprint density at radius 3 is 2.39 bits per heavy atom. The number of carbonyl (C=O) groups excluding carboxylic acids is 1. The molecule has 0 aliphatic heterocycles. The van der Waals surface area contributed by atoms with E-state index in [1.54, 1.807) is 35.2 Å². The van der Waals surface area contributed by atoms with Crippen LogP contribution in [0.3, 0.4) is 0 Å². The monoisotopic (exact) mass is 454 g/mol. The zero-order valence-electron chi connectivity index (χ0n) is 17.3. The van der Waals surface area contributed by atoms with Crippen molar-refractivity contribution in [3.63, 3.8) is 0 Å². The van der Waals surface area contributed by atoms with Gasteiger partial charge in [-0.05, 0) is 52.6 Å². The van der Waals surface area contributed by atoms with Crippen LogP contribution >= 0.6 is 23.1 Å². The molecule has 0 aliphatic carbocycles. The molecule has 6 heteroatoms. The second-order valence-electron chi connectivity index (χ2n) is 6.66. The van der Waals surface area contributed by atoms with Crippen LogP contribution in [0.15, 0.2) is 89.1 Å². The van der Waals surface area contributed by atoms with Crippen molar-refractivity contribution in [2.45, 2.75) is 11.5 Å². The van der Waals surface area contributed by atoms with E-state index in [4.69, 9.17) is 4.74 Å². The molecule has 0 atom stereocenters. The summed E-state index contributed by atoms with van der Waals surface area (Å²) < 4.78 is 6.20. The molecule has 0 radical (unpaired) electrons. The van der Waals surface area contributed by atoms with Gasteiger partial charge in [0.25, 0.3) is 0 Å². The second kappa shape index (κ2) is 11.0. The van der Waals surface area contributed by atoms with Crippen LogP contribution in [0.25, 0.3) is 21.6 Å². The number of thioether (sulfide) groups is 1. The zero-order valence-corrected chi connectivity index (χ0v) is 21.0. The number of ether oxygens (including phenoxy) is 1. The average molecular weight is 455 g/mol. The molecule has 0 saturated carbocycles. The summed E-state index contributed by atoms with van der Waals surface area (Å²) in [6.45, 7) is 0.492. The van der Waals surface area contributed by atoms with Crippen LogP contribution in [0.5, 0.6) is 5.75 Å². The maximum atomic E-state index is 11.1. The van der Waals surface area contributed by atoms with E-state index in [1.807, 2.05) is 53.9 Å². The van der Waals surface area contributed by atoms with E-state index in [-0.39, 0.29) is 35.1 Å². The van der Waals surface area contributed by atoms with Gasteiger partial charge in [0.15, 0.2) is 0 Å². The van der Waals surface area contributed by atoms with Gasteiger partial charge in [-0.1, -0.05) is 54.6 Å². The van der Waals surface area contributed by atoms with Gasteiger partial charge in [0.2, 0.25) is 0 Å². The minimum Gasteiger partial charge on any atom is -0.545 e. The first-order chi connectivity index (χ1) is 14.7. The standard InChI is InChI=1S/C25H20O3S2.Na/c1-29-20-11-12-23(28-16-17-5-3-2-4-6-17)22(15-20)21-13-14-30-24(21)18-7-9-19(10-8-18)25(26)27;/h2-15H,16H2,1H3,(H,26,27);/q;+1/p-1. The first-order valence-corrected chi connectivity index (χ1v) is 11.5. The van der Waals surface area contributed by atoms with Crippen molar-refractivity contribution in [1.82, 2.24) is 0 Å². The third-order valence-electron chi connectivity index (χ3n) is 4.76. The van der Waals surface area contributed by atoms with Crippen LogP contribution in [-0.4, -0.2) is 12.2 Å². The average Bonchev–Trinajstić information content (AvgIpc) is 3.28. The Balaban J connectivity index is 0.00000272. The summed E-state index contributed by atoms with van der Waals surface area (Å²) in [4.78, 5) is 13.3. The van der Waals surface area contributed by atoms with Crippen LogP contribution < -0.4 is 39.4 Å². The van der Waals surface area contributed by atoms with Crippen molar-refractivity contribution in [2.75, 3.05) is 6.26 Å². The number of carboxylic acid groups (broad SMARTS) is 1. The Hall–Kier alpha value is -2.02. The molecule has 31 heavy (non-hydrogen) atoms. The van der Waals surface area contributed by atoms with E-state index in [1.165, 1.54) is 0 Å². The molecule has 3 nitrogen and oxygen atoms in total. The Labute approximate surface area is 212 Å². The second-order valence-corrected chi connectivity index (χ2v) is 8.46. The van der Waals surface area contributed by atoms with Crippen molar-refractivity contribution in [3.05, 3.63) is 95.4 Å². The number of benzene rings is 3. The van der Waals surface area contributed by atoms with Gasteiger partial charge in [0.05, 0.1) is 5.97 Å². The molecule has 0 bridgehead atoms. The molecule has 1 aromatic heterocycles. The van der Waals surface area contributed by atoms with E-state index in [0.29, 0.717) is 6.61 Å². The molecule has 0 spiro atoms. The van der Waals surface area contributed by atoms with Gasteiger partial charge in [-0.2, -0.15) is 0 Å². The summed E-state index contributed by atoms with van der Waals surface area (Å²) in [6, 6.07) is 25.2. The van der Waals surface area contributed by atoms with Gasteiger partial charge in [0, 0.05) is 20.9 Å². The summed E-state index contributed by atoms with van der Waals surface area (Å²) in [7, 11) is 0. The van der Waals surface area contributed by atoms with E-state index in [9.17, 15) is 9.90 Å². The van der Waals surface area contributed by atoms with Crippen molar-refractivity contribution in [2.24, 2.45) is 0 Å². The van der Waals surface area contributed by atoms with Gasteiger partial charge >= 0.3 is 29.6 Å². The summed E-state index contributed by atoms with van der Waals surface area (Å²) in [5, 5.41) is 13.1. The maximum Gasteiger partial charge on any atom is 1.00 e. The van der Waals surface area contributed by atoms with E-state index < -0.39 is 5.97 Å². The van der Waals surface area contributed by atoms with Gasteiger partial charge < -0.3 is 14.6 Å². The maximum absolute atomic E-state index is 11.1. The molecule has 0 N–H and O–H groups in total. The smallest absolute Gasteiger partial charge is 0.545 e. The van der Waals surface area contributed by atoms with Crippen molar-refractivity contribution >= 4 is 29.1 Å². The number of thiophene rings is 1. The van der Waals surface area contributed by atoms with Crippen molar-refractivity contribution < 1.29 is 44.2 Å². The molecular formula is C25H19NaO3S2. The van der Waals surface area contributed by atoms with Gasteiger partial charge in [0.1, 0.15) is 12.4 Å². The normalized spacial score (nSPS) is 10.4. The third-order valence-corrected chi connectivity index (χ3v) is 6.45. The summed E-state index contributed by atoms with van der Waals surface area (Å²) in [5.74, 6) is -0.347. The Morgan fingerprint density at radius 1 is 0.968 bits per heavy atom. The fraction of sp³-hybridized carbons (Fsp3) is 0.0800. The number of carboxylic acids is 1. The summed E-state index contributed by atoms with van der Waals surface area (Å²) >= 11 is 3.31. The molecule has 1 heterocycles. The first kappa shape index (κ1) is 23.6. The number of carbonyl (C=O) groups is 1. The number of rotatable bonds is 7. The molecule has 150 valence electrons. The molecular weight excluding hydrogens is 435 g/mol. The molecule has 0 saturated heterocycles. The minimum atomic E-state index is -1.17. The fourth-order valence-electron chi connectivity index (χ4n) is 3.21. The van der Waals surface area contributed by atoms with Crippen LogP contribution in [0.4, 0.5) is 0 Å². The number of aromatic carboxylic acids is 1. The molecule has 0 amide bonds. The van der Waals surface area contributed by atoms with Crippen molar-refractivity contribution in [3.8, 4) is 27.3 Å². The van der Waals surface area contributed by atoms with Crippen LogP contribution in [0, 0.1) is 0 Å². The Morgan fingerprint density at radius 2 is 1.71 bits per heavy atom. The Kier molecular flexibility index (Phi) is 8.41. The summed E-state index contributed by atoms with van der Waals surface area (Å²) in [6.07, 6.45) is 2.05.